The predicted molar refractivity (Wildman–Crippen MR) is 67.8 cm³/mol. The fourth-order valence-corrected chi connectivity index (χ4v) is 2.52. The largest absolute Gasteiger partial charge is 0.395 e. The molecule has 0 aliphatic heterocycles. The van der Waals surface area contributed by atoms with Gasteiger partial charge in [-0.2, -0.15) is 0 Å². The number of aliphatic hydroxyl groups excluding tert-OH is 1. The number of carbonyl (C=O) groups excluding carboxylic acids is 1. The van der Waals surface area contributed by atoms with Gasteiger partial charge in [0.2, 0.25) is 5.91 Å². The Bertz CT molecular complexity index is 349. The van der Waals surface area contributed by atoms with Crippen molar-refractivity contribution < 1.29 is 9.90 Å². The molecule has 0 saturated heterocycles. The van der Waals surface area contributed by atoms with Crippen LogP contribution >= 0.6 is 11.3 Å². The van der Waals surface area contributed by atoms with Gasteiger partial charge >= 0.3 is 0 Å². The molecule has 0 atom stereocenters. The minimum Gasteiger partial charge on any atom is -0.395 e. The first-order chi connectivity index (χ1) is 8.29. The Morgan fingerprint density at radius 1 is 1.59 bits per heavy atom. The van der Waals surface area contributed by atoms with Crippen molar-refractivity contribution >= 4 is 17.2 Å². The standard InChI is InChI=1S/C12H18N2O2S/c15-6-5-13-12(16)9-14(10-3-4-10)8-11-2-1-7-17-11/h1-2,7,10,15H,3-6,8-9H2,(H,13,16). The molecule has 1 aliphatic carbocycles. The van der Waals surface area contributed by atoms with Crippen molar-refractivity contribution in [1.82, 2.24) is 10.2 Å². The molecule has 0 unspecified atom stereocenters. The predicted octanol–water partition coefficient (Wildman–Crippen LogP) is 0.821. The first kappa shape index (κ1) is 12.5. The summed E-state index contributed by atoms with van der Waals surface area (Å²) in [7, 11) is 0. The number of carbonyl (C=O) groups is 1. The number of nitrogens with zero attached hydrogens (tertiary/aromatic N) is 1. The summed E-state index contributed by atoms with van der Waals surface area (Å²) in [4.78, 5) is 15.1. The van der Waals surface area contributed by atoms with Gasteiger partial charge in [0.05, 0.1) is 13.2 Å². The Balaban J connectivity index is 1.82. The van der Waals surface area contributed by atoms with Gasteiger partial charge in [-0.3, -0.25) is 9.69 Å². The summed E-state index contributed by atoms with van der Waals surface area (Å²) in [6, 6.07) is 4.71. The SMILES string of the molecule is O=C(CN(Cc1cccs1)C1CC1)NCCO. The molecule has 2 N–H and O–H groups in total. The highest BCUT2D eigenvalue weighted by molar-refractivity contribution is 7.09. The van der Waals surface area contributed by atoms with Crippen molar-refractivity contribution in [2.24, 2.45) is 0 Å². The fraction of sp³-hybridized carbons (Fsp3) is 0.583. The van der Waals surface area contributed by atoms with E-state index in [1.54, 1.807) is 11.3 Å². The first-order valence-corrected chi connectivity index (χ1v) is 6.81. The second-order valence-corrected chi connectivity index (χ2v) is 5.32. The van der Waals surface area contributed by atoms with E-state index in [-0.39, 0.29) is 12.5 Å². The van der Waals surface area contributed by atoms with E-state index < -0.39 is 0 Å². The van der Waals surface area contributed by atoms with Gasteiger partial charge in [0.25, 0.3) is 0 Å². The summed E-state index contributed by atoms with van der Waals surface area (Å²) >= 11 is 1.73. The van der Waals surface area contributed by atoms with E-state index in [1.807, 2.05) is 6.07 Å². The van der Waals surface area contributed by atoms with Crippen LogP contribution in [0, 0.1) is 0 Å². The van der Waals surface area contributed by atoms with Gasteiger partial charge in [0.1, 0.15) is 0 Å². The topological polar surface area (TPSA) is 52.6 Å². The number of rotatable bonds is 7. The van der Waals surface area contributed by atoms with Gasteiger partial charge in [-0.1, -0.05) is 6.07 Å². The maximum Gasteiger partial charge on any atom is 0.234 e. The quantitative estimate of drug-likeness (QED) is 0.757. The summed E-state index contributed by atoms with van der Waals surface area (Å²) in [5.41, 5.74) is 0. The van der Waals surface area contributed by atoms with Gasteiger partial charge in [-0.25, -0.2) is 0 Å². The zero-order valence-corrected chi connectivity index (χ0v) is 10.6. The van der Waals surface area contributed by atoms with Crippen LogP contribution in [0.2, 0.25) is 0 Å². The molecule has 94 valence electrons. The summed E-state index contributed by atoms with van der Waals surface area (Å²) in [5.74, 6) is 0.00232. The molecule has 1 aliphatic rings. The normalized spacial score (nSPS) is 15.2. The van der Waals surface area contributed by atoms with Gasteiger partial charge in [-0.05, 0) is 24.3 Å². The van der Waals surface area contributed by atoms with E-state index >= 15 is 0 Å². The molecular formula is C12H18N2O2S. The molecule has 0 spiro atoms. The lowest BCUT2D eigenvalue weighted by molar-refractivity contribution is -0.122. The lowest BCUT2D eigenvalue weighted by Crippen LogP contribution is -2.38. The molecule has 1 fully saturated rings. The van der Waals surface area contributed by atoms with E-state index in [1.165, 1.54) is 17.7 Å². The smallest absolute Gasteiger partial charge is 0.234 e. The third-order valence-electron chi connectivity index (χ3n) is 2.78. The van der Waals surface area contributed by atoms with Crippen LogP contribution in [0.25, 0.3) is 0 Å². The Kier molecular flexibility index (Phi) is 4.53. The highest BCUT2D eigenvalue weighted by atomic mass is 32.1. The van der Waals surface area contributed by atoms with Gasteiger partial charge in [-0.15, -0.1) is 11.3 Å². The highest BCUT2D eigenvalue weighted by Crippen LogP contribution is 2.28. The number of aliphatic hydroxyl groups is 1. The van der Waals surface area contributed by atoms with Gasteiger partial charge in [0, 0.05) is 24.0 Å². The molecule has 1 amide bonds. The van der Waals surface area contributed by atoms with E-state index in [0.29, 0.717) is 19.1 Å². The Labute approximate surface area is 105 Å². The first-order valence-electron chi connectivity index (χ1n) is 5.93. The van der Waals surface area contributed by atoms with Crippen LogP contribution in [0.3, 0.4) is 0 Å². The third kappa shape index (κ3) is 4.11. The average molecular weight is 254 g/mol. The molecule has 0 bridgehead atoms. The van der Waals surface area contributed by atoms with Gasteiger partial charge in [0.15, 0.2) is 0 Å². The summed E-state index contributed by atoms with van der Waals surface area (Å²) < 4.78 is 0. The van der Waals surface area contributed by atoms with Crippen LogP contribution in [0.15, 0.2) is 17.5 Å². The molecule has 1 heterocycles. The van der Waals surface area contributed by atoms with Crippen molar-refractivity contribution in [2.45, 2.75) is 25.4 Å². The zero-order valence-electron chi connectivity index (χ0n) is 9.76. The fourth-order valence-electron chi connectivity index (χ4n) is 1.79. The van der Waals surface area contributed by atoms with Crippen molar-refractivity contribution in [1.29, 1.82) is 0 Å². The molecule has 0 radical (unpaired) electrons. The molecule has 1 aromatic rings. The molecule has 0 aromatic carbocycles. The summed E-state index contributed by atoms with van der Waals surface area (Å²) in [6.45, 7) is 1.63. The van der Waals surface area contributed by atoms with E-state index in [2.05, 4.69) is 21.7 Å². The van der Waals surface area contributed by atoms with Crippen LogP contribution in [0.4, 0.5) is 0 Å². The molecular weight excluding hydrogens is 236 g/mol. The number of thiophene rings is 1. The van der Waals surface area contributed by atoms with E-state index in [9.17, 15) is 4.79 Å². The van der Waals surface area contributed by atoms with Crippen molar-refractivity contribution in [3.8, 4) is 0 Å². The molecule has 4 nitrogen and oxygen atoms in total. The Morgan fingerprint density at radius 3 is 3.00 bits per heavy atom. The minimum atomic E-state index is 0.0000925. The second kappa shape index (κ2) is 6.14. The van der Waals surface area contributed by atoms with Crippen LogP contribution in [0.5, 0.6) is 0 Å². The Morgan fingerprint density at radius 2 is 2.41 bits per heavy atom. The monoisotopic (exact) mass is 254 g/mol. The lowest BCUT2D eigenvalue weighted by Gasteiger charge is -2.20. The molecule has 1 saturated carbocycles. The molecule has 1 aromatic heterocycles. The van der Waals surface area contributed by atoms with Gasteiger partial charge < -0.3 is 10.4 Å². The van der Waals surface area contributed by atoms with Crippen LogP contribution in [0.1, 0.15) is 17.7 Å². The Hall–Kier alpha value is -0.910. The van der Waals surface area contributed by atoms with Crippen molar-refractivity contribution in [2.75, 3.05) is 19.7 Å². The third-order valence-corrected chi connectivity index (χ3v) is 3.64. The maximum absolute atomic E-state index is 11.6. The van der Waals surface area contributed by atoms with E-state index in [0.717, 1.165) is 6.54 Å². The number of hydrogen-bond donors (Lipinski definition) is 2. The molecule has 5 heteroatoms. The lowest BCUT2D eigenvalue weighted by atomic mass is 10.3. The summed E-state index contributed by atoms with van der Waals surface area (Å²) in [5, 5.41) is 13.4. The number of nitrogens with one attached hydrogen (secondary N) is 1. The summed E-state index contributed by atoms with van der Waals surface area (Å²) in [6.07, 6.45) is 2.39. The number of amides is 1. The maximum atomic E-state index is 11.6. The van der Waals surface area contributed by atoms with Crippen LogP contribution in [-0.2, 0) is 11.3 Å². The minimum absolute atomic E-state index is 0.0000925. The van der Waals surface area contributed by atoms with Crippen LogP contribution < -0.4 is 5.32 Å². The molecule has 17 heavy (non-hydrogen) atoms. The van der Waals surface area contributed by atoms with Crippen molar-refractivity contribution in [3.05, 3.63) is 22.4 Å². The average Bonchev–Trinajstić information content (AvgIpc) is 3.05. The number of hydrogen-bond acceptors (Lipinski definition) is 4. The van der Waals surface area contributed by atoms with Crippen LogP contribution in [-0.4, -0.2) is 41.7 Å². The molecule has 2 rings (SSSR count). The second-order valence-electron chi connectivity index (χ2n) is 4.29. The highest BCUT2D eigenvalue weighted by Gasteiger charge is 2.30. The zero-order chi connectivity index (χ0) is 12.1. The van der Waals surface area contributed by atoms with Crippen molar-refractivity contribution in [3.63, 3.8) is 0 Å². The van der Waals surface area contributed by atoms with E-state index in [4.69, 9.17) is 5.11 Å².